The lowest BCUT2D eigenvalue weighted by Gasteiger charge is -2.20. The van der Waals surface area contributed by atoms with Crippen LogP contribution in [0.15, 0.2) is 65.9 Å². The van der Waals surface area contributed by atoms with Gasteiger partial charge in [-0.1, -0.05) is 59.8 Å². The number of hydrogen-bond acceptors (Lipinski definition) is 2. The summed E-state index contributed by atoms with van der Waals surface area (Å²) in [5.74, 6) is 0. The monoisotopic (exact) mass is 211 g/mol. The summed E-state index contributed by atoms with van der Waals surface area (Å²) in [6.45, 7) is 1.82. The maximum absolute atomic E-state index is 11.0. The van der Waals surface area contributed by atoms with Crippen molar-refractivity contribution in [2.24, 2.45) is 5.18 Å². The minimum Gasteiger partial charge on any atom is -0.150 e. The normalized spacial score (nSPS) is 23.7. The summed E-state index contributed by atoms with van der Waals surface area (Å²) in [6, 6.07) is 9.85. The van der Waals surface area contributed by atoms with Crippen molar-refractivity contribution in [1.29, 1.82) is 0 Å². The second-order valence-electron chi connectivity index (χ2n) is 3.93. The molecule has 2 nitrogen and oxygen atoms in total. The van der Waals surface area contributed by atoms with E-state index in [9.17, 15) is 4.91 Å². The lowest BCUT2D eigenvalue weighted by Crippen LogP contribution is -2.19. The lowest BCUT2D eigenvalue weighted by molar-refractivity contribution is 0.752. The minimum absolute atomic E-state index is 0.787. The van der Waals surface area contributed by atoms with Gasteiger partial charge >= 0.3 is 0 Å². The summed E-state index contributed by atoms with van der Waals surface area (Å²) in [7, 11) is 0. The van der Waals surface area contributed by atoms with Crippen LogP contribution >= 0.6 is 0 Å². The molecule has 1 aliphatic carbocycles. The molecule has 0 saturated heterocycles. The largest absolute Gasteiger partial charge is 0.150 e. The van der Waals surface area contributed by atoms with Gasteiger partial charge in [0, 0.05) is 0 Å². The number of allylic oxidation sites excluding steroid dienone is 4. The molecule has 2 heteroatoms. The SMILES string of the molecule is CC1(N=O)C=CC=CC=C1c1ccccc1. The Kier molecular flexibility index (Phi) is 2.82. The van der Waals surface area contributed by atoms with Crippen molar-refractivity contribution in [1.82, 2.24) is 0 Å². The van der Waals surface area contributed by atoms with E-state index in [0.717, 1.165) is 11.1 Å². The summed E-state index contributed by atoms with van der Waals surface area (Å²) in [4.78, 5) is 11.0. The van der Waals surface area contributed by atoms with Gasteiger partial charge in [-0.2, -0.15) is 0 Å². The Balaban J connectivity index is 2.53. The predicted molar refractivity (Wildman–Crippen MR) is 66.9 cm³/mol. The van der Waals surface area contributed by atoms with Crippen LogP contribution in [0.1, 0.15) is 12.5 Å². The second-order valence-corrected chi connectivity index (χ2v) is 3.93. The smallest absolute Gasteiger partial charge is 0.144 e. The van der Waals surface area contributed by atoms with Gasteiger partial charge in [-0.3, -0.25) is 0 Å². The average Bonchev–Trinajstić information content (AvgIpc) is 2.53. The van der Waals surface area contributed by atoms with Crippen LogP contribution in [0.4, 0.5) is 0 Å². The van der Waals surface area contributed by atoms with Crippen molar-refractivity contribution >= 4 is 5.57 Å². The molecule has 1 aliphatic rings. The van der Waals surface area contributed by atoms with Gasteiger partial charge in [0.1, 0.15) is 5.54 Å². The first kappa shape index (κ1) is 10.6. The van der Waals surface area contributed by atoms with E-state index in [4.69, 9.17) is 0 Å². The van der Waals surface area contributed by atoms with Crippen molar-refractivity contribution in [3.8, 4) is 0 Å². The fraction of sp³-hybridized carbons (Fsp3) is 0.143. The van der Waals surface area contributed by atoms with Gasteiger partial charge in [0.2, 0.25) is 0 Å². The highest BCUT2D eigenvalue weighted by Crippen LogP contribution is 2.32. The first-order chi connectivity index (χ1) is 7.76. The van der Waals surface area contributed by atoms with Crippen LogP contribution in [0.5, 0.6) is 0 Å². The van der Waals surface area contributed by atoms with Gasteiger partial charge in [-0.05, 0) is 24.1 Å². The molecule has 0 heterocycles. The van der Waals surface area contributed by atoms with Crippen LogP contribution in [0, 0.1) is 4.91 Å². The number of rotatable bonds is 2. The molecule has 2 rings (SSSR count). The molecule has 0 amide bonds. The van der Waals surface area contributed by atoms with Crippen LogP contribution in [-0.2, 0) is 0 Å². The van der Waals surface area contributed by atoms with Crippen molar-refractivity contribution in [2.75, 3.05) is 0 Å². The molecule has 1 atom stereocenters. The van der Waals surface area contributed by atoms with Gasteiger partial charge in [-0.15, -0.1) is 4.91 Å². The van der Waals surface area contributed by atoms with E-state index in [-0.39, 0.29) is 0 Å². The van der Waals surface area contributed by atoms with Crippen LogP contribution in [0.25, 0.3) is 5.57 Å². The Morgan fingerprint density at radius 3 is 2.50 bits per heavy atom. The van der Waals surface area contributed by atoms with E-state index in [1.807, 2.05) is 67.6 Å². The van der Waals surface area contributed by atoms with Gasteiger partial charge in [0.15, 0.2) is 0 Å². The molecule has 0 aromatic heterocycles. The molecule has 0 fully saturated rings. The highest BCUT2D eigenvalue weighted by atomic mass is 16.3. The molecular formula is C14H13NO. The van der Waals surface area contributed by atoms with Crippen LogP contribution in [-0.4, -0.2) is 5.54 Å². The highest BCUT2D eigenvalue weighted by molar-refractivity contribution is 5.77. The molecule has 1 unspecified atom stereocenters. The van der Waals surface area contributed by atoms with Gasteiger partial charge in [0.05, 0.1) is 0 Å². The fourth-order valence-corrected chi connectivity index (χ4v) is 1.80. The minimum atomic E-state index is -0.787. The zero-order valence-electron chi connectivity index (χ0n) is 9.13. The molecule has 1 aromatic carbocycles. The van der Waals surface area contributed by atoms with Crippen molar-refractivity contribution in [2.45, 2.75) is 12.5 Å². The molecule has 0 aliphatic heterocycles. The third-order valence-corrected chi connectivity index (χ3v) is 2.73. The lowest BCUT2D eigenvalue weighted by atomic mass is 9.87. The molecule has 0 radical (unpaired) electrons. The van der Waals surface area contributed by atoms with E-state index in [2.05, 4.69) is 5.18 Å². The topological polar surface area (TPSA) is 29.4 Å². The van der Waals surface area contributed by atoms with E-state index >= 15 is 0 Å². The first-order valence-electron chi connectivity index (χ1n) is 5.23. The zero-order valence-corrected chi connectivity index (χ0v) is 9.13. The Morgan fingerprint density at radius 1 is 1.06 bits per heavy atom. The summed E-state index contributed by atoms with van der Waals surface area (Å²) in [5, 5.41) is 3.25. The predicted octanol–water partition coefficient (Wildman–Crippen LogP) is 3.72. The Bertz CT molecular complexity index is 471. The molecular weight excluding hydrogens is 198 g/mol. The summed E-state index contributed by atoms with van der Waals surface area (Å²) >= 11 is 0. The van der Waals surface area contributed by atoms with E-state index in [1.54, 1.807) is 0 Å². The zero-order chi connectivity index (χ0) is 11.4. The second kappa shape index (κ2) is 4.27. The van der Waals surface area contributed by atoms with Crippen molar-refractivity contribution < 1.29 is 0 Å². The molecule has 0 bridgehead atoms. The van der Waals surface area contributed by atoms with Crippen molar-refractivity contribution in [3.05, 3.63) is 71.2 Å². The highest BCUT2D eigenvalue weighted by Gasteiger charge is 2.28. The fourth-order valence-electron chi connectivity index (χ4n) is 1.80. The number of nitrogens with zero attached hydrogens (tertiary/aromatic N) is 1. The maximum Gasteiger partial charge on any atom is 0.144 e. The third-order valence-electron chi connectivity index (χ3n) is 2.73. The number of benzene rings is 1. The molecule has 16 heavy (non-hydrogen) atoms. The summed E-state index contributed by atoms with van der Waals surface area (Å²) < 4.78 is 0. The van der Waals surface area contributed by atoms with Crippen LogP contribution in [0.3, 0.4) is 0 Å². The Hall–Kier alpha value is -1.96. The summed E-state index contributed by atoms with van der Waals surface area (Å²) in [5.41, 5.74) is 1.17. The quantitative estimate of drug-likeness (QED) is 0.685. The molecule has 80 valence electrons. The molecule has 0 saturated carbocycles. The first-order valence-corrected chi connectivity index (χ1v) is 5.23. The van der Waals surface area contributed by atoms with Crippen LogP contribution in [0.2, 0.25) is 0 Å². The average molecular weight is 211 g/mol. The maximum atomic E-state index is 11.0. The standard InChI is InChI=1S/C14H13NO/c1-14(15-16)11-7-3-6-10-13(14)12-8-4-2-5-9-12/h2-11H,1H3. The van der Waals surface area contributed by atoms with Crippen molar-refractivity contribution in [3.63, 3.8) is 0 Å². The number of hydrogen-bond donors (Lipinski definition) is 0. The third kappa shape index (κ3) is 1.87. The Morgan fingerprint density at radius 2 is 1.81 bits per heavy atom. The molecule has 0 spiro atoms. The Labute approximate surface area is 95.0 Å². The molecule has 0 N–H and O–H groups in total. The van der Waals surface area contributed by atoms with E-state index in [1.165, 1.54) is 0 Å². The van der Waals surface area contributed by atoms with E-state index in [0.29, 0.717) is 0 Å². The van der Waals surface area contributed by atoms with E-state index < -0.39 is 5.54 Å². The van der Waals surface area contributed by atoms with Gasteiger partial charge < -0.3 is 0 Å². The summed E-state index contributed by atoms with van der Waals surface area (Å²) in [6.07, 6.45) is 9.45. The van der Waals surface area contributed by atoms with Crippen LogP contribution < -0.4 is 0 Å². The molecule has 1 aromatic rings. The van der Waals surface area contributed by atoms with Gasteiger partial charge in [0.25, 0.3) is 0 Å². The number of nitroso groups, excluding NO2 is 1. The van der Waals surface area contributed by atoms with Gasteiger partial charge in [-0.25, -0.2) is 0 Å².